The highest BCUT2D eigenvalue weighted by Gasteiger charge is 2.46. The van der Waals surface area contributed by atoms with Crippen molar-refractivity contribution in [2.45, 2.75) is 31.2 Å². The predicted molar refractivity (Wildman–Crippen MR) is 72.6 cm³/mol. The Labute approximate surface area is 133 Å². The van der Waals surface area contributed by atoms with Crippen molar-refractivity contribution in [2.75, 3.05) is 12.1 Å². The Morgan fingerprint density at radius 1 is 1.50 bits per heavy atom. The first-order valence-corrected chi connectivity index (χ1v) is 8.01. The second-order valence-corrected chi connectivity index (χ2v) is 6.10. The fourth-order valence-electron chi connectivity index (χ4n) is 2.14. The van der Waals surface area contributed by atoms with Gasteiger partial charge < -0.3 is 24.7 Å². The van der Waals surface area contributed by atoms with Gasteiger partial charge in [-0.3, -0.25) is 19.8 Å². The van der Waals surface area contributed by atoms with Gasteiger partial charge in [-0.15, -0.1) is 0 Å². The third-order valence-electron chi connectivity index (χ3n) is 3.28. The van der Waals surface area contributed by atoms with Gasteiger partial charge in [0.05, 0.1) is 13.2 Å². The van der Waals surface area contributed by atoms with Crippen LogP contribution in [0.5, 0.6) is 0 Å². The second-order valence-electron chi connectivity index (χ2n) is 4.86. The molecule has 1 aromatic rings. The van der Waals surface area contributed by atoms with Crippen molar-refractivity contribution >= 4 is 13.6 Å². The van der Waals surface area contributed by atoms with E-state index in [4.69, 9.17) is 24.8 Å². The van der Waals surface area contributed by atoms with E-state index in [9.17, 15) is 18.9 Å². The van der Waals surface area contributed by atoms with Crippen LogP contribution in [-0.2, 0) is 20.4 Å². The number of ether oxygens (including phenoxy) is 1. The lowest BCUT2D eigenvalue weighted by molar-refractivity contribution is -0.0484. The zero-order valence-corrected chi connectivity index (χ0v) is 12.8. The number of nitrogens with zero attached hydrogens (tertiary/aromatic N) is 2. The molecule has 1 aromatic heterocycles. The summed E-state index contributed by atoms with van der Waals surface area (Å²) >= 11 is 0. The fraction of sp³-hybridized carbons (Fsp3) is 0.600. The summed E-state index contributed by atoms with van der Waals surface area (Å²) in [4.78, 5) is 32.5. The molecule has 0 spiro atoms. The monoisotopic (exact) mass is 371 g/mol. The molecule has 6 N–H and O–H groups in total. The third kappa shape index (κ3) is 3.96. The van der Waals surface area contributed by atoms with Gasteiger partial charge in [0.1, 0.15) is 12.2 Å². The summed E-state index contributed by atoms with van der Waals surface area (Å²) in [7, 11) is -4.85. The summed E-state index contributed by atoms with van der Waals surface area (Å²) in [5.41, 5.74) is 0.482. The van der Waals surface area contributed by atoms with Crippen LogP contribution >= 0.6 is 7.82 Å². The molecule has 24 heavy (non-hydrogen) atoms. The number of anilines is 1. The van der Waals surface area contributed by atoms with Crippen LogP contribution in [0.25, 0.3) is 0 Å². The first-order valence-electron chi connectivity index (χ1n) is 6.48. The number of phosphoric acid groups is 1. The lowest BCUT2D eigenvalue weighted by Crippen LogP contribution is -2.34. The summed E-state index contributed by atoms with van der Waals surface area (Å²) in [6.07, 6.45) is -6.10. The standard InChI is InChI=1S/C10H15FN3O9P/c11-6-7(16)5(3-22-24(19,20)21)23-9(6)14-1-4(2-15)8(13-18)12-10(14)17/h1,5-7,9,15-16,18H,2-3H2,(H,12,13,17)(H2,19,20,21)/t5-,6?,7+,9-/m0/s1. The maximum atomic E-state index is 14.2. The highest BCUT2D eigenvalue weighted by atomic mass is 31.2. The second kappa shape index (κ2) is 7.21. The Balaban J connectivity index is 2.26. The molecular weight excluding hydrogens is 356 g/mol. The number of aromatic nitrogens is 2. The highest BCUT2D eigenvalue weighted by molar-refractivity contribution is 7.46. The molecule has 0 radical (unpaired) electrons. The van der Waals surface area contributed by atoms with Crippen molar-refractivity contribution in [3.8, 4) is 0 Å². The van der Waals surface area contributed by atoms with Crippen molar-refractivity contribution in [3.63, 3.8) is 0 Å². The summed E-state index contributed by atoms with van der Waals surface area (Å²) < 4.78 is 34.7. The largest absolute Gasteiger partial charge is 0.469 e. The minimum absolute atomic E-state index is 0.0580. The normalized spacial score (nSPS) is 27.4. The first-order chi connectivity index (χ1) is 11.2. The molecular formula is C10H15FN3O9P. The van der Waals surface area contributed by atoms with Gasteiger partial charge in [0, 0.05) is 11.8 Å². The SMILES string of the molecule is O=c1nc(NO)c(CO)cn1[C@H]1O[C@@H](COP(=O)(O)O)[C@@H](O)C1F. The van der Waals surface area contributed by atoms with E-state index in [1.54, 1.807) is 5.48 Å². The van der Waals surface area contributed by atoms with Gasteiger partial charge in [-0.25, -0.2) is 13.8 Å². The van der Waals surface area contributed by atoms with Crippen LogP contribution in [0.3, 0.4) is 0 Å². The number of aliphatic hydroxyl groups is 2. The van der Waals surface area contributed by atoms with Gasteiger partial charge in [0.2, 0.25) is 0 Å². The topological polar surface area (TPSA) is 184 Å². The Morgan fingerprint density at radius 3 is 2.71 bits per heavy atom. The summed E-state index contributed by atoms with van der Waals surface area (Å²) in [6.45, 7) is -1.46. The smallest absolute Gasteiger partial charge is 0.391 e. The van der Waals surface area contributed by atoms with Crippen LogP contribution in [0.15, 0.2) is 11.0 Å². The maximum Gasteiger partial charge on any atom is 0.469 e. The number of alkyl halides is 1. The van der Waals surface area contributed by atoms with Crippen LogP contribution in [-0.4, -0.2) is 59.7 Å². The van der Waals surface area contributed by atoms with Crippen LogP contribution in [0.1, 0.15) is 11.8 Å². The van der Waals surface area contributed by atoms with E-state index >= 15 is 0 Å². The number of hydrogen-bond donors (Lipinski definition) is 6. The zero-order valence-electron chi connectivity index (χ0n) is 11.9. The molecule has 4 atom stereocenters. The molecule has 0 saturated carbocycles. The maximum absolute atomic E-state index is 14.2. The van der Waals surface area contributed by atoms with Gasteiger partial charge in [-0.05, 0) is 0 Å². The minimum Gasteiger partial charge on any atom is -0.391 e. The van der Waals surface area contributed by atoms with Gasteiger partial charge in [0.15, 0.2) is 18.2 Å². The molecule has 0 bridgehead atoms. The lowest BCUT2D eigenvalue weighted by atomic mass is 10.1. The minimum atomic E-state index is -4.85. The van der Waals surface area contributed by atoms with Crippen molar-refractivity contribution < 1.29 is 43.4 Å². The molecule has 2 heterocycles. The molecule has 0 aliphatic carbocycles. The van der Waals surface area contributed by atoms with E-state index in [0.717, 1.165) is 6.20 Å². The van der Waals surface area contributed by atoms with Crippen LogP contribution in [0, 0.1) is 0 Å². The highest BCUT2D eigenvalue weighted by Crippen LogP contribution is 2.38. The number of halogens is 1. The average Bonchev–Trinajstić information content (AvgIpc) is 2.80. The Kier molecular flexibility index (Phi) is 5.67. The number of nitrogens with one attached hydrogen (secondary N) is 1. The molecule has 1 unspecified atom stereocenters. The fourth-order valence-corrected chi connectivity index (χ4v) is 2.48. The van der Waals surface area contributed by atoms with Crippen LogP contribution in [0.4, 0.5) is 10.2 Å². The van der Waals surface area contributed by atoms with E-state index in [2.05, 4.69) is 9.51 Å². The van der Waals surface area contributed by atoms with E-state index in [-0.39, 0.29) is 11.4 Å². The van der Waals surface area contributed by atoms with Crippen molar-refractivity contribution in [1.82, 2.24) is 9.55 Å². The van der Waals surface area contributed by atoms with Crippen molar-refractivity contribution in [3.05, 3.63) is 22.2 Å². The molecule has 0 aromatic carbocycles. The van der Waals surface area contributed by atoms with E-state index in [1.165, 1.54) is 0 Å². The van der Waals surface area contributed by atoms with Gasteiger partial charge >= 0.3 is 13.5 Å². The summed E-state index contributed by atoms with van der Waals surface area (Å²) in [5, 5.41) is 27.7. The van der Waals surface area contributed by atoms with Gasteiger partial charge in [0.25, 0.3) is 0 Å². The van der Waals surface area contributed by atoms with Gasteiger partial charge in [-0.2, -0.15) is 4.98 Å². The zero-order chi connectivity index (χ0) is 18.1. The molecule has 1 aliphatic rings. The van der Waals surface area contributed by atoms with Crippen LogP contribution < -0.4 is 11.2 Å². The molecule has 0 amide bonds. The molecule has 12 nitrogen and oxygen atoms in total. The van der Waals surface area contributed by atoms with Gasteiger partial charge in [-0.1, -0.05) is 0 Å². The Bertz CT molecular complexity index is 695. The first kappa shape index (κ1) is 18.9. The quantitative estimate of drug-likeness (QED) is 0.246. The summed E-state index contributed by atoms with van der Waals surface area (Å²) in [5.74, 6) is -0.339. The lowest BCUT2D eigenvalue weighted by Gasteiger charge is -2.17. The molecule has 1 saturated heterocycles. The molecule has 136 valence electrons. The predicted octanol–water partition coefficient (Wildman–Crippen LogP) is -1.76. The summed E-state index contributed by atoms with van der Waals surface area (Å²) in [6, 6.07) is 0. The Hall–Kier alpha value is -1.44. The number of aliphatic hydroxyl groups excluding tert-OH is 2. The number of rotatable bonds is 6. The molecule has 1 fully saturated rings. The van der Waals surface area contributed by atoms with E-state index in [0.29, 0.717) is 4.57 Å². The molecule has 14 heteroatoms. The van der Waals surface area contributed by atoms with E-state index < -0.39 is 51.3 Å². The molecule has 1 aliphatic heterocycles. The van der Waals surface area contributed by atoms with Crippen LogP contribution in [0.2, 0.25) is 0 Å². The third-order valence-corrected chi connectivity index (χ3v) is 3.76. The van der Waals surface area contributed by atoms with Crippen molar-refractivity contribution in [1.29, 1.82) is 0 Å². The number of hydrogen-bond acceptors (Lipinski definition) is 9. The Morgan fingerprint density at radius 2 is 2.17 bits per heavy atom. The number of phosphoric ester groups is 1. The van der Waals surface area contributed by atoms with E-state index in [1.807, 2.05) is 0 Å². The van der Waals surface area contributed by atoms with Crippen molar-refractivity contribution in [2.24, 2.45) is 0 Å². The average molecular weight is 371 g/mol. The molecule has 2 rings (SSSR count).